The highest BCUT2D eigenvalue weighted by atomic mass is 16.6. The van der Waals surface area contributed by atoms with Gasteiger partial charge in [0.25, 0.3) is 0 Å². The van der Waals surface area contributed by atoms with Gasteiger partial charge in [-0.2, -0.15) is 0 Å². The van der Waals surface area contributed by atoms with Crippen LogP contribution in [0.2, 0.25) is 0 Å². The number of hydrogen-bond acceptors (Lipinski definition) is 6. The van der Waals surface area contributed by atoms with Crippen LogP contribution in [0.4, 0.5) is 11.6 Å². The molecule has 1 N–H and O–H groups in total. The molecule has 21 heavy (non-hydrogen) atoms. The molecule has 1 aromatic carbocycles. The third-order valence-corrected chi connectivity index (χ3v) is 3.27. The summed E-state index contributed by atoms with van der Waals surface area (Å²) >= 11 is 0. The molecule has 7 heteroatoms. The van der Waals surface area contributed by atoms with Crippen molar-refractivity contribution in [2.45, 2.75) is 13.3 Å². The zero-order valence-electron chi connectivity index (χ0n) is 11.5. The number of rotatable bonds is 4. The number of aromatic nitrogens is 2. The summed E-state index contributed by atoms with van der Waals surface area (Å²) in [4.78, 5) is 19.0. The van der Waals surface area contributed by atoms with Gasteiger partial charge in [0.15, 0.2) is 5.69 Å². The summed E-state index contributed by atoms with van der Waals surface area (Å²) in [6.07, 6.45) is 2.04. The minimum Gasteiger partial charge on any atom is -0.492 e. The van der Waals surface area contributed by atoms with Gasteiger partial charge in [-0.1, -0.05) is 12.1 Å². The maximum absolute atomic E-state index is 11.2. The molecule has 0 amide bonds. The van der Waals surface area contributed by atoms with Gasteiger partial charge in [-0.25, -0.2) is 9.97 Å². The van der Waals surface area contributed by atoms with Crippen molar-refractivity contribution < 1.29 is 9.66 Å². The average molecular weight is 286 g/mol. The molecule has 3 rings (SSSR count). The Kier molecular flexibility index (Phi) is 3.39. The average Bonchev–Trinajstić information content (AvgIpc) is 2.95. The third kappa shape index (κ3) is 2.37. The van der Waals surface area contributed by atoms with Crippen LogP contribution in [-0.4, -0.2) is 28.0 Å². The van der Waals surface area contributed by atoms with E-state index in [1.807, 2.05) is 19.1 Å². The summed E-state index contributed by atoms with van der Waals surface area (Å²) in [5.41, 5.74) is 1.84. The normalized spacial score (nSPS) is 12.6. The van der Waals surface area contributed by atoms with Gasteiger partial charge in [0.1, 0.15) is 11.9 Å². The molecule has 0 radical (unpaired) electrons. The molecular weight excluding hydrogens is 272 g/mol. The van der Waals surface area contributed by atoms with E-state index >= 15 is 0 Å². The highest BCUT2D eigenvalue weighted by molar-refractivity contribution is 5.77. The van der Waals surface area contributed by atoms with Crippen LogP contribution in [0.1, 0.15) is 12.5 Å². The second-order valence-electron chi connectivity index (χ2n) is 4.61. The van der Waals surface area contributed by atoms with E-state index in [2.05, 4.69) is 15.3 Å². The molecule has 0 saturated heterocycles. The first-order chi connectivity index (χ1) is 10.2. The number of nitrogens with one attached hydrogen (secondary N) is 1. The van der Waals surface area contributed by atoms with Crippen LogP contribution in [0.25, 0.3) is 11.3 Å². The van der Waals surface area contributed by atoms with Gasteiger partial charge >= 0.3 is 5.69 Å². The van der Waals surface area contributed by atoms with Gasteiger partial charge in [0.05, 0.1) is 11.5 Å². The van der Waals surface area contributed by atoms with Gasteiger partial charge < -0.3 is 10.1 Å². The van der Waals surface area contributed by atoms with Gasteiger partial charge in [0.2, 0.25) is 5.95 Å². The Hall–Kier alpha value is -2.70. The molecule has 7 nitrogen and oxygen atoms in total. The second kappa shape index (κ2) is 5.35. The van der Waals surface area contributed by atoms with Crippen molar-refractivity contribution >= 4 is 11.6 Å². The van der Waals surface area contributed by atoms with E-state index in [0.717, 1.165) is 12.0 Å². The Morgan fingerprint density at radius 2 is 2.33 bits per heavy atom. The monoisotopic (exact) mass is 286 g/mol. The molecule has 0 bridgehead atoms. The minimum absolute atomic E-state index is 0.124. The predicted molar refractivity (Wildman–Crippen MR) is 77.5 cm³/mol. The summed E-state index contributed by atoms with van der Waals surface area (Å²) in [6.45, 7) is 3.14. The van der Waals surface area contributed by atoms with Crippen LogP contribution in [0.5, 0.6) is 5.75 Å². The van der Waals surface area contributed by atoms with Crippen LogP contribution in [-0.2, 0) is 6.42 Å². The Balaban J connectivity index is 2.18. The van der Waals surface area contributed by atoms with Gasteiger partial charge in [-0.05, 0) is 18.6 Å². The predicted octanol–water partition coefficient (Wildman–Crippen LogP) is 2.42. The fraction of sp³-hybridized carbons (Fsp3) is 0.286. The van der Waals surface area contributed by atoms with Crippen LogP contribution in [0.15, 0.2) is 24.4 Å². The number of nitrogens with zero attached hydrogens (tertiary/aromatic N) is 3. The van der Waals surface area contributed by atoms with Crippen molar-refractivity contribution in [3.8, 4) is 17.0 Å². The number of nitro groups is 1. The molecule has 0 fully saturated rings. The zero-order valence-corrected chi connectivity index (χ0v) is 11.5. The van der Waals surface area contributed by atoms with Crippen molar-refractivity contribution in [1.29, 1.82) is 0 Å². The number of fused-ring (bicyclic) bond motifs is 1. The Labute approximate surface area is 121 Å². The van der Waals surface area contributed by atoms with Crippen LogP contribution >= 0.6 is 0 Å². The molecule has 2 aromatic rings. The summed E-state index contributed by atoms with van der Waals surface area (Å²) in [6, 6.07) is 5.61. The van der Waals surface area contributed by atoms with E-state index in [0.29, 0.717) is 30.4 Å². The van der Waals surface area contributed by atoms with E-state index in [-0.39, 0.29) is 11.4 Å². The summed E-state index contributed by atoms with van der Waals surface area (Å²) in [5.74, 6) is 1.05. The fourth-order valence-electron chi connectivity index (χ4n) is 2.35. The Morgan fingerprint density at radius 3 is 3.10 bits per heavy atom. The largest absolute Gasteiger partial charge is 0.492 e. The van der Waals surface area contributed by atoms with Crippen molar-refractivity contribution in [3.63, 3.8) is 0 Å². The fourth-order valence-corrected chi connectivity index (χ4v) is 2.35. The Morgan fingerprint density at radius 1 is 1.48 bits per heavy atom. The van der Waals surface area contributed by atoms with Crippen molar-refractivity contribution in [3.05, 3.63) is 40.1 Å². The first kappa shape index (κ1) is 13.3. The van der Waals surface area contributed by atoms with Gasteiger partial charge in [-0.3, -0.25) is 10.1 Å². The molecule has 0 saturated carbocycles. The number of anilines is 1. The van der Waals surface area contributed by atoms with Crippen molar-refractivity contribution in [1.82, 2.24) is 9.97 Å². The zero-order chi connectivity index (χ0) is 14.8. The SMILES string of the molecule is CCNc1ncc([N+](=O)[O-])c(-c2cccc3c2OCC3)n1. The van der Waals surface area contributed by atoms with Gasteiger partial charge in [-0.15, -0.1) is 0 Å². The van der Waals surface area contributed by atoms with Crippen LogP contribution in [0, 0.1) is 10.1 Å². The quantitative estimate of drug-likeness (QED) is 0.685. The second-order valence-corrected chi connectivity index (χ2v) is 4.61. The molecule has 0 unspecified atom stereocenters. The van der Waals surface area contributed by atoms with Crippen LogP contribution in [0.3, 0.4) is 0 Å². The van der Waals surface area contributed by atoms with E-state index < -0.39 is 4.92 Å². The topological polar surface area (TPSA) is 90.2 Å². The number of hydrogen-bond donors (Lipinski definition) is 1. The molecule has 1 aliphatic rings. The first-order valence-corrected chi connectivity index (χ1v) is 6.71. The highest BCUT2D eigenvalue weighted by Crippen LogP contribution is 2.39. The maximum Gasteiger partial charge on any atom is 0.313 e. The molecule has 0 atom stereocenters. The molecule has 0 spiro atoms. The van der Waals surface area contributed by atoms with E-state index in [4.69, 9.17) is 4.74 Å². The molecule has 2 heterocycles. The number of para-hydroxylation sites is 1. The molecule has 0 aliphatic carbocycles. The van der Waals surface area contributed by atoms with Crippen LogP contribution < -0.4 is 10.1 Å². The molecule has 108 valence electrons. The highest BCUT2D eigenvalue weighted by Gasteiger charge is 2.25. The molecule has 1 aliphatic heterocycles. The van der Waals surface area contributed by atoms with Gasteiger partial charge in [0, 0.05) is 18.5 Å². The van der Waals surface area contributed by atoms with Crippen molar-refractivity contribution in [2.75, 3.05) is 18.5 Å². The standard InChI is InChI=1S/C14H14N4O3/c1-2-15-14-16-8-11(18(19)20)12(17-14)10-5-3-4-9-6-7-21-13(9)10/h3-5,8H,2,6-7H2,1H3,(H,15,16,17). The summed E-state index contributed by atoms with van der Waals surface area (Å²) < 4.78 is 5.62. The lowest BCUT2D eigenvalue weighted by atomic mass is 10.0. The third-order valence-electron chi connectivity index (χ3n) is 3.27. The lowest BCUT2D eigenvalue weighted by Crippen LogP contribution is -2.05. The lowest BCUT2D eigenvalue weighted by Gasteiger charge is -2.09. The maximum atomic E-state index is 11.2. The van der Waals surface area contributed by atoms with E-state index in [1.165, 1.54) is 6.20 Å². The smallest absolute Gasteiger partial charge is 0.313 e. The summed E-state index contributed by atoms with van der Waals surface area (Å²) in [7, 11) is 0. The number of ether oxygens (including phenoxy) is 1. The van der Waals surface area contributed by atoms with Crippen molar-refractivity contribution in [2.24, 2.45) is 0 Å². The molecular formula is C14H14N4O3. The minimum atomic E-state index is -0.473. The number of benzene rings is 1. The molecule has 1 aromatic heterocycles. The van der Waals surface area contributed by atoms with E-state index in [9.17, 15) is 10.1 Å². The first-order valence-electron chi connectivity index (χ1n) is 6.71. The Bertz CT molecular complexity index is 703. The summed E-state index contributed by atoms with van der Waals surface area (Å²) in [5, 5.41) is 14.2. The van der Waals surface area contributed by atoms with E-state index in [1.54, 1.807) is 6.07 Å². The lowest BCUT2D eigenvalue weighted by molar-refractivity contribution is -0.384.